The van der Waals surface area contributed by atoms with Crippen molar-refractivity contribution < 1.29 is 18.7 Å². The van der Waals surface area contributed by atoms with E-state index in [0.717, 1.165) is 54.7 Å². The van der Waals surface area contributed by atoms with Gasteiger partial charge in [-0.2, -0.15) is 10.4 Å². The highest BCUT2D eigenvalue weighted by atomic mass is 19.1. The summed E-state index contributed by atoms with van der Waals surface area (Å²) in [5.74, 6) is -1.60. The third-order valence-electron chi connectivity index (χ3n) is 8.61. The van der Waals surface area contributed by atoms with Gasteiger partial charge in [0.05, 0.1) is 17.2 Å². The summed E-state index contributed by atoms with van der Waals surface area (Å²) in [5.41, 5.74) is 2.15. The standard InChI is InChI=1S/C30H38FN3O3/c1-6-34-20(3)23(19(2)33-34)16-24-27(35)17-30(37-28(24)36,22-9-7-8-10-22)14-13-21-11-12-25(26(31)15-21)29(4,5)18-32/h11-12,15,22,24H,6-10,13-14,16-17H2,1-5H3. The van der Waals surface area contributed by atoms with Gasteiger partial charge in [-0.1, -0.05) is 25.0 Å². The number of benzene rings is 1. The number of cyclic esters (lactones) is 1. The lowest BCUT2D eigenvalue weighted by atomic mass is 9.73. The van der Waals surface area contributed by atoms with Crippen LogP contribution in [0.15, 0.2) is 18.2 Å². The number of aromatic nitrogens is 2. The lowest BCUT2D eigenvalue weighted by Gasteiger charge is -2.43. The number of nitriles is 1. The van der Waals surface area contributed by atoms with Gasteiger partial charge in [-0.25, -0.2) is 4.39 Å². The van der Waals surface area contributed by atoms with Gasteiger partial charge < -0.3 is 4.74 Å². The Bertz CT molecular complexity index is 1220. The molecule has 2 aliphatic rings. The van der Waals surface area contributed by atoms with Gasteiger partial charge in [-0.05, 0) is 89.8 Å². The molecule has 0 amide bonds. The number of ketones is 1. The van der Waals surface area contributed by atoms with Crippen molar-refractivity contribution >= 4 is 11.8 Å². The number of carbonyl (C=O) groups is 2. The molecule has 4 rings (SSSR count). The van der Waals surface area contributed by atoms with E-state index in [1.54, 1.807) is 19.9 Å². The van der Waals surface area contributed by atoms with E-state index >= 15 is 0 Å². The average molecular weight is 508 g/mol. The molecule has 0 radical (unpaired) electrons. The van der Waals surface area contributed by atoms with Crippen molar-refractivity contribution in [3.05, 3.63) is 52.1 Å². The van der Waals surface area contributed by atoms with Crippen LogP contribution in [0.25, 0.3) is 0 Å². The normalized spacial score (nSPS) is 22.8. The van der Waals surface area contributed by atoms with Crippen LogP contribution in [0.3, 0.4) is 0 Å². The summed E-state index contributed by atoms with van der Waals surface area (Å²) >= 11 is 0. The van der Waals surface area contributed by atoms with Crippen LogP contribution in [0.4, 0.5) is 4.39 Å². The quantitative estimate of drug-likeness (QED) is 0.338. The van der Waals surface area contributed by atoms with Gasteiger partial charge in [0.15, 0.2) is 5.78 Å². The Balaban J connectivity index is 1.54. The molecular formula is C30H38FN3O3. The summed E-state index contributed by atoms with van der Waals surface area (Å²) < 4.78 is 23.0. The van der Waals surface area contributed by atoms with Crippen molar-refractivity contribution in [1.29, 1.82) is 5.26 Å². The topological polar surface area (TPSA) is 85.0 Å². The fourth-order valence-electron chi connectivity index (χ4n) is 6.26. The number of Topliss-reactive ketones (excluding diaryl/α,β-unsaturated/α-hetero) is 1. The Morgan fingerprint density at radius 2 is 1.95 bits per heavy atom. The molecule has 1 aliphatic carbocycles. The fourth-order valence-corrected chi connectivity index (χ4v) is 6.26. The van der Waals surface area contributed by atoms with E-state index in [1.165, 1.54) is 6.07 Å². The molecule has 0 spiro atoms. The second kappa shape index (κ2) is 10.4. The zero-order chi connectivity index (χ0) is 27.0. The minimum absolute atomic E-state index is 0.0662. The number of halogens is 1. The lowest BCUT2D eigenvalue weighted by Crippen LogP contribution is -2.52. The summed E-state index contributed by atoms with van der Waals surface area (Å²) in [7, 11) is 0. The molecular weight excluding hydrogens is 469 g/mol. The van der Waals surface area contributed by atoms with Crippen molar-refractivity contribution in [3.8, 4) is 6.07 Å². The van der Waals surface area contributed by atoms with Crippen LogP contribution in [-0.2, 0) is 39.1 Å². The summed E-state index contributed by atoms with van der Waals surface area (Å²) in [6.07, 6.45) is 5.47. The third kappa shape index (κ3) is 5.21. The fraction of sp³-hybridized carbons (Fsp3) is 0.600. The number of aryl methyl sites for hydroxylation is 3. The van der Waals surface area contributed by atoms with Gasteiger partial charge in [-0.15, -0.1) is 0 Å². The minimum Gasteiger partial charge on any atom is -0.458 e. The molecule has 2 heterocycles. The second-order valence-electron chi connectivity index (χ2n) is 11.4. The zero-order valence-electron chi connectivity index (χ0n) is 22.7. The molecule has 2 unspecified atom stereocenters. The van der Waals surface area contributed by atoms with E-state index in [9.17, 15) is 19.2 Å². The van der Waals surface area contributed by atoms with Crippen LogP contribution in [-0.4, -0.2) is 27.1 Å². The molecule has 0 bridgehead atoms. The van der Waals surface area contributed by atoms with Crippen molar-refractivity contribution in [1.82, 2.24) is 9.78 Å². The number of hydrogen-bond donors (Lipinski definition) is 0. The molecule has 1 aliphatic heterocycles. The highest BCUT2D eigenvalue weighted by molar-refractivity contribution is 6.02. The minimum atomic E-state index is -0.918. The summed E-state index contributed by atoms with van der Waals surface area (Å²) in [6.45, 7) is 10.0. The third-order valence-corrected chi connectivity index (χ3v) is 8.61. The van der Waals surface area contributed by atoms with Crippen LogP contribution < -0.4 is 0 Å². The maximum absolute atomic E-state index is 14.9. The number of rotatable bonds is 8. The van der Waals surface area contributed by atoms with Crippen LogP contribution >= 0.6 is 0 Å². The Labute approximate surface area is 219 Å². The first-order valence-corrected chi connectivity index (χ1v) is 13.5. The molecule has 1 saturated carbocycles. The monoisotopic (exact) mass is 507 g/mol. The first kappa shape index (κ1) is 27.0. The van der Waals surface area contributed by atoms with E-state index in [0.29, 0.717) is 24.8 Å². The van der Waals surface area contributed by atoms with Gasteiger partial charge >= 0.3 is 5.97 Å². The molecule has 2 aromatic rings. The van der Waals surface area contributed by atoms with Crippen LogP contribution in [0.5, 0.6) is 0 Å². The Morgan fingerprint density at radius 1 is 1.24 bits per heavy atom. The first-order chi connectivity index (χ1) is 17.5. The SMILES string of the molecule is CCn1nc(C)c(CC2C(=O)CC(CCc3ccc(C(C)(C)C#N)c(F)c3)(C3CCCC3)OC2=O)c1C. The molecule has 0 N–H and O–H groups in total. The van der Waals surface area contributed by atoms with Gasteiger partial charge in [0.25, 0.3) is 0 Å². The van der Waals surface area contributed by atoms with Crippen LogP contribution in [0.2, 0.25) is 0 Å². The molecule has 37 heavy (non-hydrogen) atoms. The molecule has 7 heteroatoms. The van der Waals surface area contributed by atoms with E-state index in [-0.39, 0.29) is 18.1 Å². The molecule has 1 aromatic heterocycles. The molecule has 2 atom stereocenters. The van der Waals surface area contributed by atoms with E-state index < -0.39 is 28.7 Å². The maximum Gasteiger partial charge on any atom is 0.317 e. The van der Waals surface area contributed by atoms with Crippen molar-refractivity contribution in [3.63, 3.8) is 0 Å². The number of nitrogens with zero attached hydrogens (tertiary/aromatic N) is 3. The van der Waals surface area contributed by atoms with Gasteiger partial charge in [0.2, 0.25) is 0 Å². The average Bonchev–Trinajstić information content (AvgIpc) is 3.49. The highest BCUT2D eigenvalue weighted by Crippen LogP contribution is 2.45. The predicted molar refractivity (Wildman–Crippen MR) is 138 cm³/mol. The van der Waals surface area contributed by atoms with E-state index in [2.05, 4.69) is 11.2 Å². The second-order valence-corrected chi connectivity index (χ2v) is 11.4. The van der Waals surface area contributed by atoms with E-state index in [4.69, 9.17) is 4.74 Å². The first-order valence-electron chi connectivity index (χ1n) is 13.5. The number of hydrogen-bond acceptors (Lipinski definition) is 5. The Kier molecular flexibility index (Phi) is 7.60. The van der Waals surface area contributed by atoms with Crippen LogP contribution in [0, 0.1) is 42.8 Å². The zero-order valence-corrected chi connectivity index (χ0v) is 22.7. The molecule has 2 fully saturated rings. The largest absolute Gasteiger partial charge is 0.458 e. The molecule has 198 valence electrons. The van der Waals surface area contributed by atoms with Gasteiger partial charge in [-0.3, -0.25) is 14.3 Å². The number of carbonyl (C=O) groups excluding carboxylic acids is 2. The molecule has 1 saturated heterocycles. The van der Waals surface area contributed by atoms with Crippen molar-refractivity contribution in [2.45, 2.75) is 104 Å². The molecule has 1 aromatic carbocycles. The van der Waals surface area contributed by atoms with Crippen molar-refractivity contribution in [2.24, 2.45) is 11.8 Å². The summed E-state index contributed by atoms with van der Waals surface area (Å²) in [5, 5.41) is 13.9. The maximum atomic E-state index is 14.9. The van der Waals surface area contributed by atoms with Crippen LogP contribution in [0.1, 0.15) is 87.4 Å². The van der Waals surface area contributed by atoms with Gasteiger partial charge in [0, 0.05) is 24.2 Å². The van der Waals surface area contributed by atoms with Gasteiger partial charge in [0.1, 0.15) is 17.3 Å². The Hall–Kier alpha value is -3.01. The van der Waals surface area contributed by atoms with E-state index in [1.807, 2.05) is 31.5 Å². The number of ether oxygens (including phenoxy) is 1. The lowest BCUT2D eigenvalue weighted by molar-refractivity contribution is -0.185. The predicted octanol–water partition coefficient (Wildman–Crippen LogP) is 5.70. The summed E-state index contributed by atoms with van der Waals surface area (Å²) in [4.78, 5) is 26.9. The smallest absolute Gasteiger partial charge is 0.317 e. The summed E-state index contributed by atoms with van der Waals surface area (Å²) in [6, 6.07) is 7.13. The molecule has 6 nitrogen and oxygen atoms in total. The Morgan fingerprint density at radius 3 is 2.51 bits per heavy atom. The number of esters is 1. The highest BCUT2D eigenvalue weighted by Gasteiger charge is 2.51. The van der Waals surface area contributed by atoms with Crippen molar-refractivity contribution in [2.75, 3.05) is 0 Å².